The van der Waals surface area contributed by atoms with E-state index < -0.39 is 31.7 Å². The van der Waals surface area contributed by atoms with Crippen LogP contribution in [-0.2, 0) is 10.0 Å². The molecule has 2 rings (SSSR count). The van der Waals surface area contributed by atoms with E-state index >= 15 is 0 Å². The van der Waals surface area contributed by atoms with Gasteiger partial charge >= 0.3 is 5.69 Å². The molecule has 0 unspecified atom stereocenters. The summed E-state index contributed by atoms with van der Waals surface area (Å²) in [7, 11) is -4.03. The molecule has 1 aromatic rings. The molecular formula is C11H12Cl2N2O5S. The Balaban J connectivity index is 2.56. The van der Waals surface area contributed by atoms with Crippen LogP contribution in [0, 0.1) is 10.1 Å². The summed E-state index contributed by atoms with van der Waals surface area (Å²) in [6, 6.07) is 1.73. The standard InChI is InChI=1S/C11H12Cl2N2O5S/c12-8-3-4-9(10(13)11(8)15(17)18)21(19,20)14-5-1-2-7(14)6-16/h3-4,7,16H,1-2,5-6H2/t7-/m0/s1. The molecule has 0 amide bonds. The van der Waals surface area contributed by atoms with Crippen molar-refractivity contribution >= 4 is 38.9 Å². The Kier molecular flexibility index (Phi) is 4.74. The fourth-order valence-electron chi connectivity index (χ4n) is 2.32. The van der Waals surface area contributed by atoms with E-state index in [9.17, 15) is 23.6 Å². The number of rotatable bonds is 4. The number of nitro groups is 1. The molecule has 10 heteroatoms. The van der Waals surface area contributed by atoms with Crippen molar-refractivity contribution in [2.45, 2.75) is 23.8 Å². The number of nitrogens with zero attached hydrogens (tertiary/aromatic N) is 2. The first kappa shape index (κ1) is 16.4. The summed E-state index contributed by atoms with van der Waals surface area (Å²) in [5.41, 5.74) is -0.640. The normalized spacial score (nSPS) is 19.9. The van der Waals surface area contributed by atoms with Crippen molar-refractivity contribution in [1.82, 2.24) is 4.31 Å². The number of aliphatic hydroxyl groups is 1. The Morgan fingerprint density at radius 1 is 1.43 bits per heavy atom. The van der Waals surface area contributed by atoms with Gasteiger partial charge in [-0.3, -0.25) is 10.1 Å². The van der Waals surface area contributed by atoms with Gasteiger partial charge in [0.2, 0.25) is 10.0 Å². The van der Waals surface area contributed by atoms with E-state index in [-0.39, 0.29) is 23.1 Å². The van der Waals surface area contributed by atoms with Gasteiger partial charge in [0.05, 0.1) is 11.5 Å². The zero-order valence-corrected chi connectivity index (χ0v) is 13.0. The zero-order chi connectivity index (χ0) is 15.8. The van der Waals surface area contributed by atoms with Crippen LogP contribution in [0.1, 0.15) is 12.8 Å². The highest BCUT2D eigenvalue weighted by Crippen LogP contribution is 2.39. The van der Waals surface area contributed by atoms with Crippen molar-refractivity contribution in [2.24, 2.45) is 0 Å². The maximum atomic E-state index is 12.6. The Labute approximate surface area is 131 Å². The van der Waals surface area contributed by atoms with Gasteiger partial charge in [-0.25, -0.2) is 8.42 Å². The molecule has 1 aliphatic rings. The molecule has 0 spiro atoms. The van der Waals surface area contributed by atoms with Gasteiger partial charge in [0.1, 0.15) is 14.9 Å². The Morgan fingerprint density at radius 2 is 2.10 bits per heavy atom. The van der Waals surface area contributed by atoms with Crippen molar-refractivity contribution in [2.75, 3.05) is 13.2 Å². The molecule has 1 N–H and O–H groups in total. The predicted molar refractivity (Wildman–Crippen MR) is 77.1 cm³/mol. The van der Waals surface area contributed by atoms with Gasteiger partial charge < -0.3 is 5.11 Å². The molecule has 7 nitrogen and oxygen atoms in total. The molecule has 0 saturated carbocycles. The smallest absolute Gasteiger partial charge is 0.307 e. The van der Waals surface area contributed by atoms with Crippen molar-refractivity contribution in [3.05, 3.63) is 32.3 Å². The monoisotopic (exact) mass is 354 g/mol. The van der Waals surface area contributed by atoms with Crippen LogP contribution >= 0.6 is 23.2 Å². The highest BCUT2D eigenvalue weighted by molar-refractivity contribution is 7.89. The third kappa shape index (κ3) is 2.86. The molecule has 1 aliphatic heterocycles. The number of nitro benzene ring substituents is 1. The second kappa shape index (κ2) is 6.05. The molecule has 116 valence electrons. The molecule has 0 bridgehead atoms. The highest BCUT2D eigenvalue weighted by atomic mass is 35.5. The third-order valence-electron chi connectivity index (χ3n) is 3.33. The second-order valence-electron chi connectivity index (χ2n) is 4.56. The van der Waals surface area contributed by atoms with Crippen molar-refractivity contribution in [1.29, 1.82) is 0 Å². The van der Waals surface area contributed by atoms with Gasteiger partial charge in [-0.1, -0.05) is 23.2 Å². The summed E-state index contributed by atoms with van der Waals surface area (Å²) in [6.07, 6.45) is 1.14. The predicted octanol–water partition coefficient (Wildman–Crippen LogP) is 2.05. The van der Waals surface area contributed by atoms with E-state index in [1.54, 1.807) is 0 Å². The minimum absolute atomic E-state index is 0.232. The molecule has 1 aromatic carbocycles. The van der Waals surface area contributed by atoms with Crippen LogP contribution in [0.15, 0.2) is 17.0 Å². The Morgan fingerprint density at radius 3 is 2.67 bits per heavy atom. The number of benzene rings is 1. The maximum absolute atomic E-state index is 12.6. The molecule has 1 fully saturated rings. The van der Waals surface area contributed by atoms with Crippen molar-refractivity contribution in [3.63, 3.8) is 0 Å². The summed E-state index contributed by atoms with van der Waals surface area (Å²) in [5.74, 6) is 0. The van der Waals surface area contributed by atoms with Crippen LogP contribution in [0.3, 0.4) is 0 Å². The first-order chi connectivity index (χ1) is 9.80. The lowest BCUT2D eigenvalue weighted by molar-refractivity contribution is -0.384. The molecule has 1 atom stereocenters. The summed E-state index contributed by atoms with van der Waals surface area (Å²) in [6.45, 7) is -0.0765. The first-order valence-electron chi connectivity index (χ1n) is 6.05. The van der Waals surface area contributed by atoms with Gasteiger partial charge in [0.15, 0.2) is 0 Å². The number of sulfonamides is 1. The summed E-state index contributed by atoms with van der Waals surface area (Å²) < 4.78 is 26.3. The minimum atomic E-state index is -4.03. The van der Waals surface area contributed by atoms with E-state index in [1.165, 1.54) is 0 Å². The van der Waals surface area contributed by atoms with Gasteiger partial charge in [0.25, 0.3) is 0 Å². The molecular weight excluding hydrogens is 343 g/mol. The fraction of sp³-hybridized carbons (Fsp3) is 0.455. The second-order valence-corrected chi connectivity index (χ2v) is 7.20. The van der Waals surface area contributed by atoms with Crippen LogP contribution < -0.4 is 0 Å². The third-order valence-corrected chi connectivity index (χ3v) is 6.13. The van der Waals surface area contributed by atoms with E-state index in [0.29, 0.717) is 12.8 Å². The van der Waals surface area contributed by atoms with E-state index in [4.69, 9.17) is 23.2 Å². The van der Waals surface area contributed by atoms with Crippen molar-refractivity contribution in [3.8, 4) is 0 Å². The molecule has 1 heterocycles. The Bertz CT molecular complexity index is 679. The quantitative estimate of drug-likeness (QED) is 0.658. The fourth-order valence-corrected chi connectivity index (χ4v) is 4.87. The van der Waals surface area contributed by atoms with E-state index in [0.717, 1.165) is 16.4 Å². The summed E-state index contributed by atoms with van der Waals surface area (Å²) in [4.78, 5) is 9.76. The number of hydrogen-bond acceptors (Lipinski definition) is 5. The molecule has 0 aliphatic carbocycles. The van der Waals surface area contributed by atoms with Crippen LogP contribution in [0.25, 0.3) is 0 Å². The van der Waals surface area contributed by atoms with Crippen LogP contribution in [0.4, 0.5) is 5.69 Å². The molecule has 0 aromatic heterocycles. The molecule has 1 saturated heterocycles. The highest BCUT2D eigenvalue weighted by Gasteiger charge is 2.38. The lowest BCUT2D eigenvalue weighted by Gasteiger charge is -2.22. The van der Waals surface area contributed by atoms with Crippen LogP contribution in [0.5, 0.6) is 0 Å². The minimum Gasteiger partial charge on any atom is -0.395 e. The number of aliphatic hydroxyl groups excluding tert-OH is 1. The largest absolute Gasteiger partial charge is 0.395 e. The Hall–Kier alpha value is -0.930. The summed E-state index contributed by atoms with van der Waals surface area (Å²) >= 11 is 11.6. The number of halogens is 2. The van der Waals surface area contributed by atoms with Gasteiger partial charge in [-0.2, -0.15) is 4.31 Å². The van der Waals surface area contributed by atoms with E-state index in [1.807, 2.05) is 0 Å². The topological polar surface area (TPSA) is 101 Å². The van der Waals surface area contributed by atoms with Gasteiger partial charge in [-0.15, -0.1) is 0 Å². The SMILES string of the molecule is O=[N+]([O-])c1c(Cl)ccc(S(=O)(=O)N2CCC[C@H]2CO)c1Cl. The van der Waals surface area contributed by atoms with Gasteiger partial charge in [0, 0.05) is 12.6 Å². The average Bonchev–Trinajstić information content (AvgIpc) is 2.86. The van der Waals surface area contributed by atoms with E-state index in [2.05, 4.69) is 0 Å². The van der Waals surface area contributed by atoms with Crippen molar-refractivity contribution < 1.29 is 18.4 Å². The van der Waals surface area contributed by atoms with Crippen LogP contribution in [-0.4, -0.2) is 41.9 Å². The lowest BCUT2D eigenvalue weighted by Crippen LogP contribution is -2.37. The lowest BCUT2D eigenvalue weighted by atomic mass is 10.2. The zero-order valence-electron chi connectivity index (χ0n) is 10.7. The molecule has 21 heavy (non-hydrogen) atoms. The maximum Gasteiger partial charge on any atom is 0.307 e. The average molecular weight is 355 g/mol. The van der Waals surface area contributed by atoms with Crippen LogP contribution in [0.2, 0.25) is 10.0 Å². The summed E-state index contributed by atoms with van der Waals surface area (Å²) in [5, 5.41) is 19.4. The molecule has 0 radical (unpaired) electrons. The first-order valence-corrected chi connectivity index (χ1v) is 8.25. The van der Waals surface area contributed by atoms with Gasteiger partial charge in [-0.05, 0) is 25.0 Å². The number of hydrogen-bond donors (Lipinski definition) is 1.